The van der Waals surface area contributed by atoms with Gasteiger partial charge in [0.05, 0.1) is 0 Å². The van der Waals surface area contributed by atoms with Gasteiger partial charge in [-0.15, -0.1) is 0 Å². The van der Waals surface area contributed by atoms with Gasteiger partial charge in [-0.05, 0) is 54.3 Å². The maximum absolute atomic E-state index is 11.4. The van der Waals surface area contributed by atoms with Gasteiger partial charge in [-0.1, -0.05) is 48.9 Å². The summed E-state index contributed by atoms with van der Waals surface area (Å²) >= 11 is 3.91. The fourth-order valence-corrected chi connectivity index (χ4v) is 6.08. The summed E-state index contributed by atoms with van der Waals surface area (Å²) in [7, 11) is 0. The summed E-state index contributed by atoms with van der Waals surface area (Å²) in [4.78, 5) is 12.0. The second-order valence-corrected chi connectivity index (χ2v) is 8.95. The molecular formula is C17H25BrO. The van der Waals surface area contributed by atoms with Crippen LogP contribution in [0.1, 0.15) is 46.5 Å². The highest BCUT2D eigenvalue weighted by molar-refractivity contribution is 9.09. The van der Waals surface area contributed by atoms with E-state index in [1.807, 2.05) is 0 Å². The average Bonchev–Trinajstić information content (AvgIpc) is 3.09. The van der Waals surface area contributed by atoms with Gasteiger partial charge in [-0.25, -0.2) is 0 Å². The van der Waals surface area contributed by atoms with E-state index < -0.39 is 0 Å². The molecule has 3 saturated carbocycles. The zero-order chi connectivity index (χ0) is 14.0. The summed E-state index contributed by atoms with van der Waals surface area (Å²) in [5.41, 5.74) is 2.00. The molecule has 0 spiro atoms. The van der Waals surface area contributed by atoms with Gasteiger partial charge in [0.15, 0.2) is 0 Å². The van der Waals surface area contributed by atoms with Crippen molar-refractivity contribution in [3.8, 4) is 0 Å². The lowest BCUT2D eigenvalue weighted by Gasteiger charge is -2.54. The third-order valence-electron chi connectivity index (χ3n) is 6.66. The highest BCUT2D eigenvalue weighted by Crippen LogP contribution is 2.70. The molecule has 2 heteroatoms. The standard InChI is InChI=1S/C17H25BrO/c1-10-5-6-12-16(2,3)13(18)7-8-17(12,4)15-11(9-19)14(10)15/h9,11-15H,1,5-8H2,2-4H3. The second kappa shape index (κ2) is 4.19. The van der Waals surface area contributed by atoms with Gasteiger partial charge < -0.3 is 4.79 Å². The second-order valence-electron chi connectivity index (χ2n) is 7.85. The Labute approximate surface area is 125 Å². The summed E-state index contributed by atoms with van der Waals surface area (Å²) in [6, 6.07) is 0. The molecular weight excluding hydrogens is 300 g/mol. The minimum absolute atomic E-state index is 0.267. The summed E-state index contributed by atoms with van der Waals surface area (Å²) < 4.78 is 0. The van der Waals surface area contributed by atoms with E-state index in [2.05, 4.69) is 43.3 Å². The van der Waals surface area contributed by atoms with Crippen LogP contribution in [0.4, 0.5) is 0 Å². The molecule has 3 aliphatic carbocycles. The van der Waals surface area contributed by atoms with Gasteiger partial charge in [0, 0.05) is 10.7 Å². The molecule has 19 heavy (non-hydrogen) atoms. The lowest BCUT2D eigenvalue weighted by molar-refractivity contribution is -0.110. The Bertz CT molecular complexity index is 427. The summed E-state index contributed by atoms with van der Waals surface area (Å²) in [5.74, 6) is 2.04. The summed E-state index contributed by atoms with van der Waals surface area (Å²) in [6.45, 7) is 11.6. The number of alkyl halides is 1. The maximum atomic E-state index is 11.4. The third kappa shape index (κ3) is 1.74. The van der Waals surface area contributed by atoms with Crippen LogP contribution >= 0.6 is 15.9 Å². The molecule has 0 bridgehead atoms. The van der Waals surface area contributed by atoms with Crippen molar-refractivity contribution in [2.75, 3.05) is 0 Å². The van der Waals surface area contributed by atoms with Crippen molar-refractivity contribution in [1.82, 2.24) is 0 Å². The van der Waals surface area contributed by atoms with Gasteiger partial charge in [-0.3, -0.25) is 0 Å². The molecule has 106 valence electrons. The molecule has 0 N–H and O–H groups in total. The number of rotatable bonds is 1. The molecule has 0 radical (unpaired) electrons. The van der Waals surface area contributed by atoms with Crippen LogP contribution in [0.5, 0.6) is 0 Å². The molecule has 3 aliphatic rings. The van der Waals surface area contributed by atoms with Crippen molar-refractivity contribution >= 4 is 22.2 Å². The molecule has 0 aromatic rings. The van der Waals surface area contributed by atoms with Crippen LogP contribution in [-0.4, -0.2) is 11.1 Å². The van der Waals surface area contributed by atoms with Crippen LogP contribution in [0.3, 0.4) is 0 Å². The largest absolute Gasteiger partial charge is 0.303 e. The van der Waals surface area contributed by atoms with E-state index in [1.54, 1.807) is 0 Å². The van der Waals surface area contributed by atoms with Crippen LogP contribution in [0.25, 0.3) is 0 Å². The lowest BCUT2D eigenvalue weighted by atomic mass is 9.53. The van der Waals surface area contributed by atoms with E-state index in [1.165, 1.54) is 31.1 Å². The van der Waals surface area contributed by atoms with Crippen LogP contribution in [0, 0.1) is 34.5 Å². The van der Waals surface area contributed by atoms with Crippen LogP contribution < -0.4 is 0 Å². The summed E-state index contributed by atoms with van der Waals surface area (Å²) in [6.07, 6.45) is 6.08. The number of halogens is 1. The molecule has 0 amide bonds. The number of carbonyl (C=O) groups excluding carboxylic acids is 1. The van der Waals surface area contributed by atoms with Crippen LogP contribution in [0.2, 0.25) is 0 Å². The normalized spacial score (nSPS) is 51.8. The first-order valence-electron chi connectivity index (χ1n) is 7.61. The van der Waals surface area contributed by atoms with E-state index in [9.17, 15) is 4.79 Å². The van der Waals surface area contributed by atoms with Gasteiger partial charge >= 0.3 is 0 Å². The molecule has 0 saturated heterocycles. The number of hydrogen-bond acceptors (Lipinski definition) is 1. The van der Waals surface area contributed by atoms with E-state index in [0.29, 0.717) is 33.4 Å². The van der Waals surface area contributed by atoms with Crippen LogP contribution in [0.15, 0.2) is 12.2 Å². The molecule has 0 aromatic carbocycles. The molecule has 0 aliphatic heterocycles. The SMILES string of the molecule is C=C1CCC2C(C)(C)C(Br)CCC2(C)C2C(C=O)C12. The quantitative estimate of drug-likeness (QED) is 0.391. The fraction of sp³-hybridized carbons (Fsp3) is 0.824. The number of hydrogen-bond donors (Lipinski definition) is 0. The van der Waals surface area contributed by atoms with Crippen molar-refractivity contribution in [2.24, 2.45) is 34.5 Å². The minimum Gasteiger partial charge on any atom is -0.303 e. The van der Waals surface area contributed by atoms with E-state index in [4.69, 9.17) is 0 Å². The van der Waals surface area contributed by atoms with Crippen molar-refractivity contribution < 1.29 is 4.79 Å². The van der Waals surface area contributed by atoms with Crippen molar-refractivity contribution in [1.29, 1.82) is 0 Å². The number of carbonyl (C=O) groups is 1. The van der Waals surface area contributed by atoms with Gasteiger partial charge in [0.25, 0.3) is 0 Å². The Kier molecular flexibility index (Phi) is 3.06. The smallest absolute Gasteiger partial charge is 0.124 e. The highest BCUT2D eigenvalue weighted by Gasteiger charge is 2.66. The molecule has 1 nitrogen and oxygen atoms in total. The number of allylic oxidation sites excluding steroid dienone is 1. The Balaban J connectivity index is 2.01. The first-order valence-corrected chi connectivity index (χ1v) is 8.52. The van der Waals surface area contributed by atoms with E-state index in [-0.39, 0.29) is 5.92 Å². The fourth-order valence-electron chi connectivity index (χ4n) is 5.53. The Morgan fingerprint density at radius 1 is 1.32 bits per heavy atom. The topological polar surface area (TPSA) is 17.1 Å². The molecule has 6 unspecified atom stereocenters. The predicted octanol–water partition coefficient (Wildman–Crippen LogP) is 4.60. The van der Waals surface area contributed by atoms with Gasteiger partial charge in [0.2, 0.25) is 0 Å². The van der Waals surface area contributed by atoms with Crippen LogP contribution in [-0.2, 0) is 4.79 Å². The van der Waals surface area contributed by atoms with E-state index in [0.717, 1.165) is 6.42 Å². The Hall–Kier alpha value is -0.110. The third-order valence-corrected chi connectivity index (χ3v) is 8.30. The van der Waals surface area contributed by atoms with Gasteiger partial charge in [0.1, 0.15) is 6.29 Å². The van der Waals surface area contributed by atoms with Gasteiger partial charge in [-0.2, -0.15) is 0 Å². The number of fused-ring (bicyclic) bond motifs is 3. The van der Waals surface area contributed by atoms with Crippen molar-refractivity contribution in [3.63, 3.8) is 0 Å². The number of aldehydes is 1. The predicted molar refractivity (Wildman–Crippen MR) is 82.2 cm³/mol. The average molecular weight is 325 g/mol. The zero-order valence-corrected chi connectivity index (χ0v) is 13.9. The first kappa shape index (κ1) is 13.9. The molecule has 0 heterocycles. The van der Waals surface area contributed by atoms with Crippen molar-refractivity contribution in [3.05, 3.63) is 12.2 Å². The Morgan fingerprint density at radius 2 is 2.00 bits per heavy atom. The Morgan fingerprint density at radius 3 is 2.63 bits per heavy atom. The zero-order valence-electron chi connectivity index (χ0n) is 12.3. The monoisotopic (exact) mass is 324 g/mol. The first-order chi connectivity index (χ1) is 8.84. The maximum Gasteiger partial charge on any atom is 0.124 e. The summed E-state index contributed by atoms with van der Waals surface area (Å²) in [5, 5.41) is 0. The molecule has 3 fully saturated rings. The molecule has 6 atom stereocenters. The molecule has 0 aromatic heterocycles. The van der Waals surface area contributed by atoms with E-state index >= 15 is 0 Å². The van der Waals surface area contributed by atoms with Crippen molar-refractivity contribution in [2.45, 2.75) is 51.3 Å². The minimum atomic E-state index is 0.267. The lowest BCUT2D eigenvalue weighted by Crippen LogP contribution is -2.48. The highest BCUT2D eigenvalue weighted by atomic mass is 79.9. The molecule has 3 rings (SSSR count).